The lowest BCUT2D eigenvalue weighted by Gasteiger charge is -2.23. The predicted octanol–water partition coefficient (Wildman–Crippen LogP) is 3.29. The fourth-order valence-corrected chi connectivity index (χ4v) is 4.46. The van der Waals surface area contributed by atoms with E-state index in [1.54, 1.807) is 6.07 Å². The number of piperidine rings is 1. The molecule has 0 saturated carbocycles. The van der Waals surface area contributed by atoms with Crippen molar-refractivity contribution in [1.82, 2.24) is 9.80 Å². The summed E-state index contributed by atoms with van der Waals surface area (Å²) in [5.74, 6) is -1.000. The number of nitrogens with zero attached hydrogens (tertiary/aromatic N) is 3. The smallest absolute Gasteiger partial charge is 0.406 e. The van der Waals surface area contributed by atoms with Crippen LogP contribution in [-0.4, -0.2) is 59.2 Å². The monoisotopic (exact) mass is 522 g/mol. The van der Waals surface area contributed by atoms with Crippen LogP contribution in [0.25, 0.3) is 0 Å². The van der Waals surface area contributed by atoms with Crippen LogP contribution in [0, 0.1) is 0 Å². The van der Waals surface area contributed by atoms with Crippen LogP contribution in [0.3, 0.4) is 0 Å². The topological polar surface area (TPSA) is 105 Å². The van der Waals surface area contributed by atoms with Gasteiger partial charge in [-0.1, -0.05) is 23.7 Å². The second-order valence-corrected chi connectivity index (χ2v) is 8.96. The van der Waals surface area contributed by atoms with Crippen molar-refractivity contribution in [3.8, 4) is 5.75 Å². The van der Waals surface area contributed by atoms with Crippen LogP contribution in [0.4, 0.5) is 13.2 Å². The van der Waals surface area contributed by atoms with Crippen molar-refractivity contribution in [2.24, 2.45) is 10.7 Å². The fraction of sp³-hybridized carbons (Fsp3) is 0.333. The van der Waals surface area contributed by atoms with E-state index < -0.39 is 12.3 Å². The molecule has 4 rings (SSSR count). The van der Waals surface area contributed by atoms with Gasteiger partial charge in [-0.25, -0.2) is 0 Å². The Morgan fingerprint density at radius 3 is 2.42 bits per heavy atom. The number of Topliss-reactive ketones (excluding diaryl/α,β-unsaturated/α-hetero) is 1. The number of amidine groups is 1. The van der Waals surface area contributed by atoms with Crippen LogP contribution < -0.4 is 10.5 Å². The van der Waals surface area contributed by atoms with Crippen molar-refractivity contribution in [2.75, 3.05) is 19.6 Å². The maximum absolute atomic E-state index is 12.9. The molecular formula is C24H22ClF3N4O4. The maximum Gasteiger partial charge on any atom is 0.573 e. The van der Waals surface area contributed by atoms with E-state index in [0.717, 1.165) is 0 Å². The molecule has 0 radical (unpaired) electrons. The zero-order valence-electron chi connectivity index (χ0n) is 19.0. The average Bonchev–Trinajstić information content (AvgIpc) is 3.11. The number of halogens is 4. The lowest BCUT2D eigenvalue weighted by atomic mass is 10.1. The van der Waals surface area contributed by atoms with Gasteiger partial charge in [0.1, 0.15) is 17.4 Å². The number of rotatable bonds is 6. The molecular weight excluding hydrogens is 501 g/mol. The van der Waals surface area contributed by atoms with Gasteiger partial charge in [0.15, 0.2) is 0 Å². The summed E-state index contributed by atoms with van der Waals surface area (Å²) in [6.45, 7) is 1.39. The first-order valence-corrected chi connectivity index (χ1v) is 11.4. The molecule has 0 aliphatic carbocycles. The normalized spacial score (nSPS) is 16.9. The Morgan fingerprint density at radius 1 is 1.11 bits per heavy atom. The minimum atomic E-state index is -4.79. The number of hydrogen-bond donors (Lipinski definition) is 1. The van der Waals surface area contributed by atoms with Crippen LogP contribution in [-0.2, 0) is 22.7 Å². The van der Waals surface area contributed by atoms with Gasteiger partial charge in [0, 0.05) is 44.6 Å². The number of likely N-dealkylation sites (tertiary alicyclic amines) is 1. The molecule has 2 aromatic rings. The summed E-state index contributed by atoms with van der Waals surface area (Å²) >= 11 is 6.36. The zero-order chi connectivity index (χ0) is 26.0. The Balaban J connectivity index is 1.43. The molecule has 2 N–H and O–H groups in total. The lowest BCUT2D eigenvalue weighted by molar-refractivity contribution is -0.274. The van der Waals surface area contributed by atoms with Crippen LogP contribution in [0.15, 0.2) is 41.4 Å². The second kappa shape index (κ2) is 10.3. The molecule has 2 aliphatic rings. The van der Waals surface area contributed by atoms with Gasteiger partial charge in [-0.15, -0.1) is 13.2 Å². The van der Waals surface area contributed by atoms with Gasteiger partial charge in [0.05, 0.1) is 17.1 Å². The molecule has 0 unspecified atom stereocenters. The number of carbonyl (C=O) groups excluding carboxylic acids is 3. The number of hydrogen-bond acceptors (Lipinski definition) is 5. The molecule has 2 aromatic carbocycles. The third kappa shape index (κ3) is 6.21. The van der Waals surface area contributed by atoms with Crippen LogP contribution in [0.1, 0.15) is 39.9 Å². The standard InChI is InChI=1S/C24H22ClF3N4O4/c25-19-10-15(22(29)30-20(34)13-31-7-5-17(33)6-8-31)9-16-12-32(23(35)21(16)19)11-14-1-3-18(4-2-14)36-24(26,27)28/h1-4,9-10H,5-8,11-13H2,(H2,29,30,34). The van der Waals surface area contributed by atoms with E-state index in [0.29, 0.717) is 48.2 Å². The van der Waals surface area contributed by atoms with E-state index in [2.05, 4.69) is 9.73 Å². The van der Waals surface area contributed by atoms with Crippen LogP contribution >= 0.6 is 11.6 Å². The Hall–Kier alpha value is -3.44. The third-order valence-electron chi connectivity index (χ3n) is 5.88. The summed E-state index contributed by atoms with van der Waals surface area (Å²) in [6, 6.07) is 8.36. The summed E-state index contributed by atoms with van der Waals surface area (Å²) in [4.78, 5) is 43.9. The van der Waals surface area contributed by atoms with Gasteiger partial charge in [0.2, 0.25) is 0 Å². The molecule has 1 fully saturated rings. The van der Waals surface area contributed by atoms with Crippen molar-refractivity contribution in [1.29, 1.82) is 0 Å². The molecule has 8 nitrogen and oxygen atoms in total. The van der Waals surface area contributed by atoms with Gasteiger partial charge in [-0.3, -0.25) is 19.3 Å². The number of carbonyl (C=O) groups is 3. The minimum absolute atomic E-state index is 0.0380. The molecule has 0 bridgehead atoms. The highest BCUT2D eigenvalue weighted by Crippen LogP contribution is 2.32. The second-order valence-electron chi connectivity index (χ2n) is 8.55. The number of ether oxygens (including phenoxy) is 1. The van der Waals surface area contributed by atoms with Gasteiger partial charge in [-0.05, 0) is 35.4 Å². The highest BCUT2D eigenvalue weighted by atomic mass is 35.5. The molecule has 2 amide bonds. The maximum atomic E-state index is 12.9. The highest BCUT2D eigenvalue weighted by molar-refractivity contribution is 6.34. The summed E-state index contributed by atoms with van der Waals surface area (Å²) in [5.41, 5.74) is 7.94. The van der Waals surface area contributed by atoms with Gasteiger partial charge < -0.3 is 15.4 Å². The summed E-state index contributed by atoms with van der Waals surface area (Å²) in [6.07, 6.45) is -3.97. The number of fused-ring (bicyclic) bond motifs is 1. The molecule has 0 atom stereocenters. The quantitative estimate of drug-likeness (QED) is 0.461. The van der Waals surface area contributed by atoms with E-state index in [-0.39, 0.29) is 47.9 Å². The largest absolute Gasteiger partial charge is 0.573 e. The fourth-order valence-electron chi connectivity index (χ4n) is 4.14. The van der Waals surface area contributed by atoms with Crippen molar-refractivity contribution in [3.05, 3.63) is 63.7 Å². The molecule has 1 saturated heterocycles. The minimum Gasteiger partial charge on any atom is -0.406 e. The molecule has 0 aromatic heterocycles. The summed E-state index contributed by atoms with van der Waals surface area (Å²) in [5, 5.41) is 0.157. The lowest BCUT2D eigenvalue weighted by Crippen LogP contribution is -2.37. The van der Waals surface area contributed by atoms with Gasteiger partial charge in [-0.2, -0.15) is 4.99 Å². The molecule has 2 aliphatic heterocycles. The first kappa shape index (κ1) is 25.6. The summed E-state index contributed by atoms with van der Waals surface area (Å²) < 4.78 is 40.9. The number of amides is 2. The van der Waals surface area contributed by atoms with E-state index in [1.165, 1.54) is 35.2 Å². The molecule has 36 heavy (non-hydrogen) atoms. The number of aliphatic imine (C=N–C) groups is 1. The molecule has 0 spiro atoms. The molecule has 12 heteroatoms. The van der Waals surface area contributed by atoms with E-state index >= 15 is 0 Å². The Labute approximate surface area is 209 Å². The van der Waals surface area contributed by atoms with Crippen molar-refractivity contribution in [2.45, 2.75) is 32.3 Å². The van der Waals surface area contributed by atoms with Crippen molar-refractivity contribution >= 4 is 35.0 Å². The van der Waals surface area contributed by atoms with Crippen molar-refractivity contribution < 1.29 is 32.3 Å². The predicted molar refractivity (Wildman–Crippen MR) is 125 cm³/mol. The zero-order valence-corrected chi connectivity index (χ0v) is 19.7. The molecule has 190 valence electrons. The van der Waals surface area contributed by atoms with E-state index in [9.17, 15) is 27.6 Å². The number of alkyl halides is 3. The Morgan fingerprint density at radius 2 is 1.78 bits per heavy atom. The van der Waals surface area contributed by atoms with Crippen LogP contribution in [0.5, 0.6) is 5.75 Å². The average molecular weight is 523 g/mol. The third-order valence-corrected chi connectivity index (χ3v) is 6.18. The number of ketones is 1. The van der Waals surface area contributed by atoms with Crippen LogP contribution in [0.2, 0.25) is 5.02 Å². The Bertz CT molecular complexity index is 1220. The van der Waals surface area contributed by atoms with Gasteiger partial charge >= 0.3 is 6.36 Å². The molecule has 2 heterocycles. The first-order chi connectivity index (χ1) is 17.0. The number of benzene rings is 2. The summed E-state index contributed by atoms with van der Waals surface area (Å²) in [7, 11) is 0. The first-order valence-electron chi connectivity index (χ1n) is 11.1. The van der Waals surface area contributed by atoms with E-state index in [4.69, 9.17) is 17.3 Å². The highest BCUT2D eigenvalue weighted by Gasteiger charge is 2.32. The van der Waals surface area contributed by atoms with Gasteiger partial charge in [0.25, 0.3) is 11.8 Å². The SMILES string of the molecule is NC(=NC(=O)CN1CCC(=O)CC1)c1cc(Cl)c2c(c1)CN(Cc1ccc(OC(F)(F)F)cc1)C2=O. The van der Waals surface area contributed by atoms with Crippen molar-refractivity contribution in [3.63, 3.8) is 0 Å². The van der Waals surface area contributed by atoms with E-state index in [1.807, 2.05) is 4.90 Å². The Kier molecular flexibility index (Phi) is 7.32. The number of nitrogens with two attached hydrogens (primary N) is 1.